The van der Waals surface area contributed by atoms with Crippen LogP contribution in [-0.4, -0.2) is 16.8 Å². The van der Waals surface area contributed by atoms with Crippen LogP contribution in [0.15, 0.2) is 57.9 Å². The second-order valence-corrected chi connectivity index (χ2v) is 6.12. The maximum absolute atomic E-state index is 11.9. The molecule has 0 fully saturated rings. The number of anilines is 1. The predicted octanol–water partition coefficient (Wildman–Crippen LogP) is 3.67. The zero-order valence-corrected chi connectivity index (χ0v) is 13.1. The predicted molar refractivity (Wildman–Crippen MR) is 85.9 cm³/mol. The standard InChI is InChI=1S/C15H14BrNO2S/c16-12-4-2-5-13(8-12)17-15(19)10-20-14-6-1-3-11(7-14)9-18/h1-8,18H,9-10H2,(H,17,19). The second kappa shape index (κ2) is 7.47. The van der Waals surface area contributed by atoms with Crippen LogP contribution in [0.2, 0.25) is 0 Å². The minimum absolute atomic E-state index is 0.0125. The second-order valence-electron chi connectivity index (χ2n) is 4.15. The van der Waals surface area contributed by atoms with Crippen molar-refractivity contribution in [2.24, 2.45) is 0 Å². The van der Waals surface area contributed by atoms with E-state index in [-0.39, 0.29) is 12.5 Å². The molecule has 2 rings (SSSR count). The lowest BCUT2D eigenvalue weighted by Gasteiger charge is -2.06. The van der Waals surface area contributed by atoms with E-state index in [0.717, 1.165) is 20.6 Å². The molecule has 0 radical (unpaired) electrons. The summed E-state index contributed by atoms with van der Waals surface area (Å²) in [5.41, 5.74) is 1.62. The first-order valence-corrected chi connectivity index (χ1v) is 7.83. The van der Waals surface area contributed by atoms with Crippen LogP contribution in [0.5, 0.6) is 0 Å². The number of nitrogens with one attached hydrogen (secondary N) is 1. The third-order valence-corrected chi connectivity index (χ3v) is 4.05. The zero-order valence-electron chi connectivity index (χ0n) is 10.7. The molecule has 0 saturated carbocycles. The molecule has 3 nitrogen and oxygen atoms in total. The van der Waals surface area contributed by atoms with Gasteiger partial charge in [0, 0.05) is 15.1 Å². The monoisotopic (exact) mass is 351 g/mol. The van der Waals surface area contributed by atoms with E-state index in [1.54, 1.807) is 0 Å². The maximum Gasteiger partial charge on any atom is 0.234 e. The molecule has 2 aromatic carbocycles. The third-order valence-electron chi connectivity index (χ3n) is 2.56. The fraction of sp³-hybridized carbons (Fsp3) is 0.133. The Labute approximate surface area is 130 Å². The Morgan fingerprint density at radius 3 is 2.75 bits per heavy atom. The number of hydrogen-bond acceptors (Lipinski definition) is 3. The summed E-state index contributed by atoms with van der Waals surface area (Å²) in [7, 11) is 0. The van der Waals surface area contributed by atoms with Gasteiger partial charge in [-0.05, 0) is 35.9 Å². The summed E-state index contributed by atoms with van der Waals surface area (Å²) in [6.07, 6.45) is 0. The number of aliphatic hydroxyl groups excluding tert-OH is 1. The lowest BCUT2D eigenvalue weighted by Crippen LogP contribution is -2.13. The molecule has 0 aliphatic rings. The van der Waals surface area contributed by atoms with Gasteiger partial charge in [-0.15, -0.1) is 11.8 Å². The molecule has 20 heavy (non-hydrogen) atoms. The summed E-state index contributed by atoms with van der Waals surface area (Å²) >= 11 is 4.81. The van der Waals surface area contributed by atoms with Gasteiger partial charge in [-0.2, -0.15) is 0 Å². The van der Waals surface area contributed by atoms with Gasteiger partial charge in [0.15, 0.2) is 0 Å². The van der Waals surface area contributed by atoms with Crippen molar-refractivity contribution in [3.8, 4) is 0 Å². The minimum atomic E-state index is -0.0532. The number of amides is 1. The van der Waals surface area contributed by atoms with Gasteiger partial charge < -0.3 is 10.4 Å². The van der Waals surface area contributed by atoms with Crippen molar-refractivity contribution in [1.82, 2.24) is 0 Å². The lowest BCUT2D eigenvalue weighted by atomic mass is 10.2. The van der Waals surface area contributed by atoms with E-state index < -0.39 is 0 Å². The van der Waals surface area contributed by atoms with Gasteiger partial charge in [0.25, 0.3) is 0 Å². The Balaban J connectivity index is 1.88. The SMILES string of the molecule is O=C(CSc1cccc(CO)c1)Nc1cccc(Br)c1. The van der Waals surface area contributed by atoms with E-state index in [2.05, 4.69) is 21.2 Å². The fourth-order valence-electron chi connectivity index (χ4n) is 1.65. The van der Waals surface area contributed by atoms with E-state index in [1.165, 1.54) is 11.8 Å². The summed E-state index contributed by atoms with van der Waals surface area (Å²) in [6, 6.07) is 15.0. The summed E-state index contributed by atoms with van der Waals surface area (Å²) in [6.45, 7) is 0.0125. The van der Waals surface area contributed by atoms with Crippen molar-refractivity contribution in [2.75, 3.05) is 11.1 Å². The molecular formula is C15H14BrNO2S. The number of rotatable bonds is 5. The molecular weight excluding hydrogens is 338 g/mol. The first-order valence-electron chi connectivity index (χ1n) is 6.05. The Morgan fingerprint density at radius 2 is 2.00 bits per heavy atom. The molecule has 104 valence electrons. The summed E-state index contributed by atoms with van der Waals surface area (Å²) in [4.78, 5) is 12.8. The van der Waals surface area contributed by atoms with Crippen LogP contribution >= 0.6 is 27.7 Å². The Morgan fingerprint density at radius 1 is 1.20 bits per heavy atom. The van der Waals surface area contributed by atoms with Gasteiger partial charge in [0.05, 0.1) is 12.4 Å². The largest absolute Gasteiger partial charge is 0.392 e. The van der Waals surface area contributed by atoms with Gasteiger partial charge in [-0.3, -0.25) is 4.79 Å². The van der Waals surface area contributed by atoms with E-state index >= 15 is 0 Å². The summed E-state index contributed by atoms with van der Waals surface area (Å²) in [5.74, 6) is 0.281. The van der Waals surface area contributed by atoms with Gasteiger partial charge >= 0.3 is 0 Å². The van der Waals surface area contributed by atoms with Gasteiger partial charge in [-0.25, -0.2) is 0 Å². The third kappa shape index (κ3) is 4.67. The highest BCUT2D eigenvalue weighted by Crippen LogP contribution is 2.20. The van der Waals surface area contributed by atoms with Crippen molar-refractivity contribution in [1.29, 1.82) is 0 Å². The molecule has 0 aliphatic carbocycles. The zero-order chi connectivity index (χ0) is 14.4. The molecule has 0 unspecified atom stereocenters. The van der Waals surface area contributed by atoms with Crippen molar-refractivity contribution in [3.05, 3.63) is 58.6 Å². The molecule has 2 aromatic rings. The summed E-state index contributed by atoms with van der Waals surface area (Å²) in [5, 5.41) is 11.9. The number of halogens is 1. The van der Waals surface area contributed by atoms with Crippen LogP contribution in [-0.2, 0) is 11.4 Å². The number of thioether (sulfide) groups is 1. The van der Waals surface area contributed by atoms with Crippen molar-refractivity contribution < 1.29 is 9.90 Å². The highest BCUT2D eigenvalue weighted by molar-refractivity contribution is 9.10. The Kier molecular flexibility index (Phi) is 5.64. The van der Waals surface area contributed by atoms with Gasteiger partial charge in [0.1, 0.15) is 0 Å². The molecule has 0 aromatic heterocycles. The van der Waals surface area contributed by atoms with E-state index in [9.17, 15) is 4.79 Å². The van der Waals surface area contributed by atoms with Gasteiger partial charge in [0.2, 0.25) is 5.91 Å². The first kappa shape index (κ1) is 15.1. The van der Waals surface area contributed by atoms with E-state index in [0.29, 0.717) is 5.75 Å². The minimum Gasteiger partial charge on any atom is -0.392 e. The molecule has 0 spiro atoms. The van der Waals surface area contributed by atoms with Crippen LogP contribution in [0.1, 0.15) is 5.56 Å². The normalized spacial score (nSPS) is 10.3. The van der Waals surface area contributed by atoms with Crippen LogP contribution < -0.4 is 5.32 Å². The van der Waals surface area contributed by atoms with Crippen molar-refractivity contribution in [2.45, 2.75) is 11.5 Å². The molecule has 1 amide bonds. The maximum atomic E-state index is 11.9. The molecule has 0 saturated heterocycles. The summed E-state index contributed by atoms with van der Waals surface area (Å²) < 4.78 is 0.929. The lowest BCUT2D eigenvalue weighted by molar-refractivity contribution is -0.113. The number of benzene rings is 2. The molecule has 0 bridgehead atoms. The number of aliphatic hydroxyl groups is 1. The number of carbonyl (C=O) groups is 1. The van der Waals surface area contributed by atoms with Crippen LogP contribution in [0.25, 0.3) is 0 Å². The Hall–Kier alpha value is -1.30. The topological polar surface area (TPSA) is 49.3 Å². The van der Waals surface area contributed by atoms with Gasteiger partial charge in [-0.1, -0.05) is 34.1 Å². The molecule has 0 heterocycles. The van der Waals surface area contributed by atoms with E-state index in [1.807, 2.05) is 48.5 Å². The molecule has 0 atom stereocenters. The number of carbonyl (C=O) groups excluding carboxylic acids is 1. The highest BCUT2D eigenvalue weighted by atomic mass is 79.9. The highest BCUT2D eigenvalue weighted by Gasteiger charge is 2.04. The average molecular weight is 352 g/mol. The smallest absolute Gasteiger partial charge is 0.234 e. The van der Waals surface area contributed by atoms with Crippen LogP contribution in [0.3, 0.4) is 0 Å². The molecule has 0 aliphatic heterocycles. The Bertz CT molecular complexity index is 604. The molecule has 5 heteroatoms. The van der Waals surface area contributed by atoms with Crippen LogP contribution in [0, 0.1) is 0 Å². The van der Waals surface area contributed by atoms with E-state index in [4.69, 9.17) is 5.11 Å². The average Bonchev–Trinajstić information content (AvgIpc) is 2.45. The van der Waals surface area contributed by atoms with Crippen molar-refractivity contribution >= 4 is 39.3 Å². The van der Waals surface area contributed by atoms with Crippen molar-refractivity contribution in [3.63, 3.8) is 0 Å². The molecule has 2 N–H and O–H groups in total. The fourth-order valence-corrected chi connectivity index (χ4v) is 2.82. The first-order chi connectivity index (χ1) is 9.67. The van der Waals surface area contributed by atoms with Crippen LogP contribution in [0.4, 0.5) is 5.69 Å². The quantitative estimate of drug-likeness (QED) is 0.808. The number of hydrogen-bond donors (Lipinski definition) is 2.